The van der Waals surface area contributed by atoms with Crippen LogP contribution in [0.25, 0.3) is 0 Å². The molecule has 5 heteroatoms. The second-order valence-corrected chi connectivity index (χ2v) is 3.90. The molecule has 1 aromatic carbocycles. The average Bonchev–Trinajstić information content (AvgIpc) is 2.28. The van der Waals surface area contributed by atoms with Gasteiger partial charge >= 0.3 is 0 Å². The highest BCUT2D eigenvalue weighted by molar-refractivity contribution is 6.30. The zero-order chi connectivity index (χ0) is 12.3. The molecule has 0 saturated heterocycles. The maximum absolute atomic E-state index is 13.3. The summed E-state index contributed by atoms with van der Waals surface area (Å²) in [5, 5.41) is 3.01. The van der Waals surface area contributed by atoms with Crippen LogP contribution in [0.15, 0.2) is 36.5 Å². The van der Waals surface area contributed by atoms with Crippen molar-refractivity contribution in [3.8, 4) is 0 Å². The third-order valence-corrected chi connectivity index (χ3v) is 2.36. The highest BCUT2D eigenvalue weighted by atomic mass is 35.5. The Hall–Kier alpha value is -1.68. The topological polar surface area (TPSA) is 24.9 Å². The molecule has 88 valence electrons. The van der Waals surface area contributed by atoms with Crippen molar-refractivity contribution in [3.63, 3.8) is 0 Å². The van der Waals surface area contributed by atoms with Crippen molar-refractivity contribution in [2.75, 3.05) is 5.32 Å². The number of nitrogens with one attached hydrogen (secondary N) is 1. The van der Waals surface area contributed by atoms with E-state index in [9.17, 15) is 8.78 Å². The molecule has 0 aliphatic heterocycles. The zero-order valence-corrected chi connectivity index (χ0v) is 9.51. The fourth-order valence-electron chi connectivity index (χ4n) is 1.38. The van der Waals surface area contributed by atoms with Gasteiger partial charge in [-0.05, 0) is 23.8 Å². The van der Waals surface area contributed by atoms with Crippen LogP contribution in [0.4, 0.5) is 14.6 Å². The van der Waals surface area contributed by atoms with Crippen LogP contribution in [0.1, 0.15) is 5.56 Å². The van der Waals surface area contributed by atoms with Crippen molar-refractivity contribution in [1.29, 1.82) is 0 Å². The van der Waals surface area contributed by atoms with E-state index < -0.39 is 5.82 Å². The maximum Gasteiger partial charge on any atom is 0.166 e. The summed E-state index contributed by atoms with van der Waals surface area (Å²) in [6.07, 6.45) is 1.35. The van der Waals surface area contributed by atoms with Gasteiger partial charge in [0, 0.05) is 12.7 Å². The molecule has 0 spiro atoms. The standard InChI is InChI=1S/C12H9ClF2N2/c13-9-5-11(15)12(17-7-9)16-6-8-2-1-3-10(14)4-8/h1-5,7H,6H2,(H,16,17). The van der Waals surface area contributed by atoms with Crippen molar-refractivity contribution in [1.82, 2.24) is 4.98 Å². The van der Waals surface area contributed by atoms with Gasteiger partial charge in [-0.25, -0.2) is 13.8 Å². The van der Waals surface area contributed by atoms with E-state index in [1.54, 1.807) is 12.1 Å². The molecule has 2 rings (SSSR count). The predicted octanol–water partition coefficient (Wildman–Crippen LogP) is 3.63. The molecule has 0 radical (unpaired) electrons. The van der Waals surface area contributed by atoms with Crippen LogP contribution in [-0.2, 0) is 6.54 Å². The van der Waals surface area contributed by atoms with Crippen LogP contribution in [0.3, 0.4) is 0 Å². The SMILES string of the molecule is Fc1cccc(CNc2ncc(Cl)cc2F)c1. The Kier molecular flexibility index (Phi) is 3.54. The summed E-state index contributed by atoms with van der Waals surface area (Å²) in [5.41, 5.74) is 0.709. The number of benzene rings is 1. The van der Waals surface area contributed by atoms with Gasteiger partial charge in [0.25, 0.3) is 0 Å². The molecular formula is C12H9ClF2N2. The van der Waals surface area contributed by atoms with Crippen LogP contribution < -0.4 is 5.32 Å². The molecule has 1 N–H and O–H groups in total. The number of hydrogen-bond donors (Lipinski definition) is 1. The molecule has 1 aromatic heterocycles. The van der Waals surface area contributed by atoms with E-state index in [0.717, 1.165) is 0 Å². The number of rotatable bonds is 3. The third-order valence-electron chi connectivity index (χ3n) is 2.16. The molecule has 1 heterocycles. The Bertz CT molecular complexity index is 532. The van der Waals surface area contributed by atoms with Crippen LogP contribution in [-0.4, -0.2) is 4.98 Å². The first-order chi connectivity index (χ1) is 8.15. The highest BCUT2D eigenvalue weighted by Gasteiger charge is 2.04. The minimum absolute atomic E-state index is 0.0960. The number of hydrogen-bond acceptors (Lipinski definition) is 2. The van der Waals surface area contributed by atoms with Gasteiger partial charge in [0.2, 0.25) is 0 Å². The fraction of sp³-hybridized carbons (Fsp3) is 0.0833. The van der Waals surface area contributed by atoms with Crippen LogP contribution in [0.2, 0.25) is 5.02 Å². The van der Waals surface area contributed by atoms with Gasteiger partial charge in [0.1, 0.15) is 5.82 Å². The second kappa shape index (κ2) is 5.10. The average molecular weight is 255 g/mol. The van der Waals surface area contributed by atoms with Crippen molar-refractivity contribution >= 4 is 17.4 Å². The summed E-state index contributed by atoms with van der Waals surface area (Å²) in [7, 11) is 0. The molecule has 2 aromatic rings. The molecule has 0 unspecified atom stereocenters. The molecule has 17 heavy (non-hydrogen) atoms. The highest BCUT2D eigenvalue weighted by Crippen LogP contribution is 2.16. The summed E-state index contributed by atoms with van der Waals surface area (Å²) in [6, 6.07) is 7.23. The number of halogens is 3. The number of aromatic nitrogens is 1. The van der Waals surface area contributed by atoms with Gasteiger partial charge in [0.05, 0.1) is 5.02 Å². The van der Waals surface area contributed by atoms with Gasteiger partial charge in [-0.1, -0.05) is 23.7 Å². The first-order valence-electron chi connectivity index (χ1n) is 4.94. The zero-order valence-electron chi connectivity index (χ0n) is 8.75. The lowest BCUT2D eigenvalue weighted by Gasteiger charge is -2.06. The molecule has 0 bridgehead atoms. The molecule has 0 aliphatic carbocycles. The van der Waals surface area contributed by atoms with Gasteiger partial charge < -0.3 is 5.32 Å². The Labute approximate surface area is 102 Å². The molecule has 0 saturated carbocycles. The monoisotopic (exact) mass is 254 g/mol. The first kappa shape index (κ1) is 11.8. The minimum Gasteiger partial charge on any atom is -0.364 e. The molecule has 0 atom stereocenters. The summed E-state index contributed by atoms with van der Waals surface area (Å²) in [6.45, 7) is 0.295. The van der Waals surface area contributed by atoms with E-state index in [0.29, 0.717) is 12.1 Å². The Morgan fingerprint density at radius 1 is 1.24 bits per heavy atom. The van der Waals surface area contributed by atoms with Crippen molar-refractivity contribution < 1.29 is 8.78 Å². The van der Waals surface area contributed by atoms with E-state index in [1.165, 1.54) is 24.4 Å². The summed E-state index contributed by atoms with van der Waals surface area (Å²) < 4.78 is 26.2. The van der Waals surface area contributed by atoms with Crippen LogP contribution >= 0.6 is 11.6 Å². The van der Waals surface area contributed by atoms with Gasteiger partial charge in [-0.3, -0.25) is 0 Å². The minimum atomic E-state index is -0.533. The van der Waals surface area contributed by atoms with E-state index in [2.05, 4.69) is 10.3 Å². The summed E-state index contributed by atoms with van der Waals surface area (Å²) in [5.74, 6) is -0.763. The number of nitrogens with zero attached hydrogens (tertiary/aromatic N) is 1. The summed E-state index contributed by atoms with van der Waals surface area (Å²) >= 11 is 5.58. The van der Waals surface area contributed by atoms with E-state index in [1.807, 2.05) is 0 Å². The lowest BCUT2D eigenvalue weighted by atomic mass is 10.2. The predicted molar refractivity (Wildman–Crippen MR) is 62.9 cm³/mol. The van der Waals surface area contributed by atoms with Gasteiger partial charge in [0.15, 0.2) is 11.6 Å². The van der Waals surface area contributed by atoms with Crippen molar-refractivity contribution in [3.05, 3.63) is 58.7 Å². The van der Waals surface area contributed by atoms with Crippen molar-refractivity contribution in [2.24, 2.45) is 0 Å². The first-order valence-corrected chi connectivity index (χ1v) is 5.32. The van der Waals surface area contributed by atoms with Crippen molar-refractivity contribution in [2.45, 2.75) is 6.54 Å². The third kappa shape index (κ3) is 3.14. The number of pyridine rings is 1. The van der Waals surface area contributed by atoms with Gasteiger partial charge in [-0.2, -0.15) is 0 Å². The van der Waals surface area contributed by atoms with E-state index in [4.69, 9.17) is 11.6 Å². The lowest BCUT2D eigenvalue weighted by molar-refractivity contribution is 0.622. The smallest absolute Gasteiger partial charge is 0.166 e. The molecule has 0 fully saturated rings. The summed E-state index contributed by atoms with van der Waals surface area (Å²) in [4.78, 5) is 3.80. The largest absolute Gasteiger partial charge is 0.364 e. The van der Waals surface area contributed by atoms with Crippen LogP contribution in [0.5, 0.6) is 0 Å². The molecule has 2 nitrogen and oxygen atoms in total. The Morgan fingerprint density at radius 2 is 2.06 bits per heavy atom. The van der Waals surface area contributed by atoms with E-state index in [-0.39, 0.29) is 16.7 Å². The van der Waals surface area contributed by atoms with Crippen LogP contribution in [0, 0.1) is 11.6 Å². The normalized spacial score (nSPS) is 10.3. The molecule has 0 aliphatic rings. The Balaban J connectivity index is 2.07. The molecule has 0 amide bonds. The lowest BCUT2D eigenvalue weighted by Crippen LogP contribution is -2.03. The fourth-order valence-corrected chi connectivity index (χ4v) is 1.52. The van der Waals surface area contributed by atoms with Gasteiger partial charge in [-0.15, -0.1) is 0 Å². The maximum atomic E-state index is 13.3. The second-order valence-electron chi connectivity index (χ2n) is 3.47. The number of anilines is 1. The quantitative estimate of drug-likeness (QED) is 0.905. The van der Waals surface area contributed by atoms with E-state index >= 15 is 0 Å². The molecular weight excluding hydrogens is 246 g/mol. The Morgan fingerprint density at radius 3 is 2.76 bits per heavy atom.